The lowest BCUT2D eigenvalue weighted by Crippen LogP contribution is -2.51. The average molecular weight is 364 g/mol. The van der Waals surface area contributed by atoms with Crippen LogP contribution in [0.15, 0.2) is 30.3 Å². The van der Waals surface area contributed by atoms with Gasteiger partial charge in [0.25, 0.3) is 5.91 Å². The number of benzene rings is 1. The first-order valence-corrected chi connectivity index (χ1v) is 9.17. The van der Waals surface area contributed by atoms with Crippen LogP contribution in [0, 0.1) is 0 Å². The molecular formula is C20H32N2O4. The standard InChI is InChI=1S/C20H32N2O4/c1-6-7-13-16(22-19(25)26-20(3,4)5)17(23)18(24)21-14(2)15-11-9-8-10-12-15/h8-12,14,16-17,23H,6-7,13H2,1-5H3,(H,21,24)(H,22,25)/t14-,16?,17+/m1/s1. The molecule has 0 aliphatic heterocycles. The summed E-state index contributed by atoms with van der Waals surface area (Å²) < 4.78 is 5.24. The maximum Gasteiger partial charge on any atom is 0.407 e. The number of nitrogens with one attached hydrogen (secondary N) is 2. The topological polar surface area (TPSA) is 87.7 Å². The zero-order valence-corrected chi connectivity index (χ0v) is 16.4. The highest BCUT2D eigenvalue weighted by Crippen LogP contribution is 2.14. The summed E-state index contributed by atoms with van der Waals surface area (Å²) in [5.74, 6) is -0.515. The van der Waals surface area contributed by atoms with E-state index in [0.717, 1.165) is 18.4 Å². The van der Waals surface area contributed by atoms with Crippen LogP contribution in [0.3, 0.4) is 0 Å². The third kappa shape index (κ3) is 7.87. The highest BCUT2D eigenvalue weighted by molar-refractivity contribution is 5.82. The molecule has 0 aliphatic rings. The zero-order chi connectivity index (χ0) is 19.7. The molecule has 2 amide bonds. The van der Waals surface area contributed by atoms with Crippen molar-refractivity contribution in [2.45, 2.75) is 77.7 Å². The molecule has 3 atom stereocenters. The van der Waals surface area contributed by atoms with Gasteiger partial charge >= 0.3 is 6.09 Å². The van der Waals surface area contributed by atoms with Crippen molar-refractivity contribution >= 4 is 12.0 Å². The molecule has 0 fully saturated rings. The molecule has 1 aromatic carbocycles. The molecule has 1 unspecified atom stereocenters. The number of rotatable bonds is 8. The number of hydrogen-bond acceptors (Lipinski definition) is 4. The molecule has 6 heteroatoms. The Labute approximate surface area is 156 Å². The molecule has 0 spiro atoms. The third-order valence-corrected chi connectivity index (χ3v) is 3.88. The smallest absolute Gasteiger partial charge is 0.407 e. The maximum absolute atomic E-state index is 12.4. The van der Waals surface area contributed by atoms with E-state index in [1.807, 2.05) is 44.2 Å². The maximum atomic E-state index is 12.4. The fourth-order valence-electron chi connectivity index (χ4n) is 2.50. The van der Waals surface area contributed by atoms with E-state index in [9.17, 15) is 14.7 Å². The van der Waals surface area contributed by atoms with E-state index in [4.69, 9.17) is 4.74 Å². The van der Waals surface area contributed by atoms with E-state index >= 15 is 0 Å². The van der Waals surface area contributed by atoms with E-state index in [1.165, 1.54) is 0 Å². The van der Waals surface area contributed by atoms with Gasteiger partial charge in [-0.1, -0.05) is 50.1 Å². The lowest BCUT2D eigenvalue weighted by molar-refractivity contribution is -0.131. The molecule has 0 saturated heterocycles. The van der Waals surface area contributed by atoms with Crippen molar-refractivity contribution in [1.82, 2.24) is 10.6 Å². The number of alkyl carbamates (subject to hydrolysis) is 1. The fraction of sp³-hybridized carbons (Fsp3) is 0.600. The predicted molar refractivity (Wildman–Crippen MR) is 102 cm³/mol. The molecule has 0 heterocycles. The lowest BCUT2D eigenvalue weighted by Gasteiger charge is -2.27. The molecule has 6 nitrogen and oxygen atoms in total. The molecule has 0 saturated carbocycles. The second-order valence-corrected chi connectivity index (χ2v) is 7.48. The Balaban J connectivity index is 2.72. The predicted octanol–water partition coefficient (Wildman–Crippen LogP) is 3.31. The summed E-state index contributed by atoms with van der Waals surface area (Å²) in [6.45, 7) is 9.14. The molecule has 3 N–H and O–H groups in total. The van der Waals surface area contributed by atoms with Crippen LogP contribution in [0.5, 0.6) is 0 Å². The first-order chi connectivity index (χ1) is 12.1. The highest BCUT2D eigenvalue weighted by Gasteiger charge is 2.29. The van der Waals surface area contributed by atoms with Crippen molar-refractivity contribution in [3.8, 4) is 0 Å². The Kier molecular flexibility index (Phi) is 8.58. The molecule has 0 bridgehead atoms. The van der Waals surface area contributed by atoms with Crippen molar-refractivity contribution < 1.29 is 19.4 Å². The Morgan fingerprint density at radius 3 is 2.31 bits per heavy atom. The van der Waals surface area contributed by atoms with Crippen molar-refractivity contribution in [2.24, 2.45) is 0 Å². The van der Waals surface area contributed by atoms with Crippen molar-refractivity contribution in [3.63, 3.8) is 0 Å². The van der Waals surface area contributed by atoms with Crippen LogP contribution < -0.4 is 10.6 Å². The first-order valence-electron chi connectivity index (χ1n) is 9.17. The van der Waals surface area contributed by atoms with Gasteiger partial charge in [0, 0.05) is 0 Å². The number of ether oxygens (including phenoxy) is 1. The van der Waals surface area contributed by atoms with Gasteiger partial charge in [0.15, 0.2) is 6.10 Å². The minimum Gasteiger partial charge on any atom is -0.444 e. The number of hydrogen-bond donors (Lipinski definition) is 3. The number of carbonyl (C=O) groups excluding carboxylic acids is 2. The van der Waals surface area contributed by atoms with Crippen molar-refractivity contribution in [3.05, 3.63) is 35.9 Å². The van der Waals surface area contributed by atoms with Gasteiger partial charge in [0.1, 0.15) is 5.60 Å². The Morgan fingerprint density at radius 2 is 1.77 bits per heavy atom. The highest BCUT2D eigenvalue weighted by atomic mass is 16.6. The molecule has 0 radical (unpaired) electrons. The summed E-state index contributed by atoms with van der Waals surface area (Å²) >= 11 is 0. The van der Waals surface area contributed by atoms with Crippen molar-refractivity contribution in [1.29, 1.82) is 0 Å². The van der Waals surface area contributed by atoms with Crippen LogP contribution in [0.1, 0.15) is 65.5 Å². The van der Waals surface area contributed by atoms with Gasteiger partial charge in [0.05, 0.1) is 12.1 Å². The van der Waals surface area contributed by atoms with Gasteiger partial charge in [-0.3, -0.25) is 4.79 Å². The molecule has 1 rings (SSSR count). The van der Waals surface area contributed by atoms with Gasteiger partial charge in [0.2, 0.25) is 0 Å². The van der Waals surface area contributed by atoms with Gasteiger partial charge in [-0.15, -0.1) is 0 Å². The number of carbonyl (C=O) groups is 2. The quantitative estimate of drug-likeness (QED) is 0.660. The number of amides is 2. The number of unbranched alkanes of at least 4 members (excludes halogenated alkanes) is 1. The SMILES string of the molecule is CCCCC(NC(=O)OC(C)(C)C)[C@H](O)C(=O)N[C@H](C)c1ccccc1. The summed E-state index contributed by atoms with van der Waals surface area (Å²) in [5, 5.41) is 15.9. The van der Waals surface area contributed by atoms with Gasteiger partial charge in [-0.25, -0.2) is 4.79 Å². The van der Waals surface area contributed by atoms with Crippen LogP contribution in [0.4, 0.5) is 4.79 Å². The summed E-state index contributed by atoms with van der Waals surface area (Å²) in [6.07, 6.45) is 0.173. The second-order valence-electron chi connectivity index (χ2n) is 7.48. The van der Waals surface area contributed by atoms with E-state index in [1.54, 1.807) is 20.8 Å². The second kappa shape index (κ2) is 10.2. The Hall–Kier alpha value is -2.08. The van der Waals surface area contributed by atoms with Crippen LogP contribution in [0.2, 0.25) is 0 Å². The van der Waals surface area contributed by atoms with Crippen LogP contribution >= 0.6 is 0 Å². The average Bonchev–Trinajstić information content (AvgIpc) is 2.57. The normalized spacial score (nSPS) is 14.8. The molecule has 146 valence electrons. The molecule has 0 aliphatic carbocycles. The summed E-state index contributed by atoms with van der Waals surface area (Å²) in [6, 6.07) is 8.55. The Morgan fingerprint density at radius 1 is 1.15 bits per heavy atom. The monoisotopic (exact) mass is 364 g/mol. The Bertz CT molecular complexity index is 569. The summed E-state index contributed by atoms with van der Waals surface area (Å²) in [7, 11) is 0. The van der Waals surface area contributed by atoms with E-state index in [2.05, 4.69) is 10.6 Å². The number of aliphatic hydroxyl groups excluding tert-OH is 1. The van der Waals surface area contributed by atoms with E-state index < -0.39 is 29.7 Å². The molecule has 0 aromatic heterocycles. The van der Waals surface area contributed by atoms with Crippen LogP contribution in [-0.2, 0) is 9.53 Å². The van der Waals surface area contributed by atoms with Crippen molar-refractivity contribution in [2.75, 3.05) is 0 Å². The lowest BCUT2D eigenvalue weighted by atomic mass is 10.0. The molecule has 1 aromatic rings. The largest absolute Gasteiger partial charge is 0.444 e. The van der Waals surface area contributed by atoms with E-state index in [0.29, 0.717) is 6.42 Å². The van der Waals surface area contributed by atoms with Gasteiger partial charge in [-0.2, -0.15) is 0 Å². The third-order valence-electron chi connectivity index (χ3n) is 3.88. The zero-order valence-electron chi connectivity index (χ0n) is 16.4. The minimum absolute atomic E-state index is 0.244. The van der Waals surface area contributed by atoms with Crippen LogP contribution in [0.25, 0.3) is 0 Å². The van der Waals surface area contributed by atoms with Gasteiger partial charge < -0.3 is 20.5 Å². The molecular weight excluding hydrogens is 332 g/mol. The summed E-state index contributed by atoms with van der Waals surface area (Å²) in [4.78, 5) is 24.5. The minimum atomic E-state index is -1.35. The number of aliphatic hydroxyl groups is 1. The van der Waals surface area contributed by atoms with Gasteiger partial charge in [-0.05, 0) is 39.7 Å². The van der Waals surface area contributed by atoms with Crippen LogP contribution in [-0.4, -0.2) is 34.9 Å². The fourth-order valence-corrected chi connectivity index (χ4v) is 2.50. The van der Waals surface area contributed by atoms with E-state index in [-0.39, 0.29) is 6.04 Å². The summed E-state index contributed by atoms with van der Waals surface area (Å²) in [5.41, 5.74) is 0.298. The molecule has 26 heavy (non-hydrogen) atoms. The first kappa shape index (κ1) is 22.0.